The number of nitrogens with zero attached hydrogens (tertiary/aromatic N) is 2. The van der Waals surface area contributed by atoms with Gasteiger partial charge in [-0.15, -0.1) is 0 Å². The zero-order valence-electron chi connectivity index (χ0n) is 8.59. The van der Waals surface area contributed by atoms with E-state index in [1.165, 1.54) is 36.9 Å². The Morgan fingerprint density at radius 1 is 1.29 bits per heavy atom. The molecule has 2 aromatic rings. The van der Waals surface area contributed by atoms with Crippen LogP contribution in [-0.4, -0.2) is 21.0 Å². The van der Waals surface area contributed by atoms with Crippen LogP contribution in [0.2, 0.25) is 5.02 Å². The molecular formula is C11H8ClN3O2. The van der Waals surface area contributed by atoms with Gasteiger partial charge in [-0.05, 0) is 12.1 Å². The summed E-state index contributed by atoms with van der Waals surface area (Å²) in [5, 5.41) is 12.0. The molecule has 2 rings (SSSR count). The molecule has 0 aliphatic carbocycles. The minimum atomic E-state index is -0.363. The average molecular weight is 250 g/mol. The Bertz CT molecular complexity index is 546. The Balaban J connectivity index is 2.19. The first-order valence-electron chi connectivity index (χ1n) is 4.71. The third-order valence-electron chi connectivity index (χ3n) is 2.02. The first-order chi connectivity index (χ1) is 8.16. The van der Waals surface area contributed by atoms with Gasteiger partial charge in [-0.3, -0.25) is 4.79 Å². The number of amides is 1. The molecule has 0 aliphatic heterocycles. The van der Waals surface area contributed by atoms with Gasteiger partial charge >= 0.3 is 0 Å². The maximum Gasteiger partial charge on any atom is 0.258 e. The number of aromatic nitrogens is 2. The van der Waals surface area contributed by atoms with Gasteiger partial charge in [0.25, 0.3) is 5.91 Å². The van der Waals surface area contributed by atoms with E-state index in [1.807, 2.05) is 0 Å². The van der Waals surface area contributed by atoms with Gasteiger partial charge in [0.15, 0.2) is 0 Å². The van der Waals surface area contributed by atoms with Crippen LogP contribution in [0.4, 0.5) is 5.69 Å². The molecule has 0 spiro atoms. The van der Waals surface area contributed by atoms with Crippen molar-refractivity contribution < 1.29 is 9.90 Å². The maximum absolute atomic E-state index is 11.7. The Morgan fingerprint density at radius 2 is 2.00 bits per heavy atom. The van der Waals surface area contributed by atoms with Crippen molar-refractivity contribution >= 4 is 23.2 Å². The maximum atomic E-state index is 11.7. The van der Waals surface area contributed by atoms with E-state index < -0.39 is 0 Å². The molecule has 0 saturated heterocycles. The molecule has 1 aromatic carbocycles. The molecule has 0 radical (unpaired) electrons. The van der Waals surface area contributed by atoms with E-state index in [4.69, 9.17) is 11.6 Å². The first kappa shape index (κ1) is 11.3. The van der Waals surface area contributed by atoms with Crippen LogP contribution in [0.15, 0.2) is 36.9 Å². The van der Waals surface area contributed by atoms with Gasteiger partial charge in [-0.2, -0.15) is 0 Å². The van der Waals surface area contributed by atoms with Crippen molar-refractivity contribution in [2.75, 3.05) is 5.32 Å². The smallest absolute Gasteiger partial charge is 0.258 e. The van der Waals surface area contributed by atoms with Crippen LogP contribution in [0.3, 0.4) is 0 Å². The molecule has 1 aromatic heterocycles. The second kappa shape index (κ2) is 4.80. The monoisotopic (exact) mass is 249 g/mol. The van der Waals surface area contributed by atoms with E-state index in [-0.39, 0.29) is 16.7 Å². The fourth-order valence-electron chi connectivity index (χ4n) is 1.22. The lowest BCUT2D eigenvalue weighted by Gasteiger charge is -2.06. The number of aromatic hydroxyl groups is 1. The predicted octanol–water partition coefficient (Wildman–Crippen LogP) is 2.09. The summed E-state index contributed by atoms with van der Waals surface area (Å²) >= 11 is 5.86. The van der Waals surface area contributed by atoms with Gasteiger partial charge in [-0.1, -0.05) is 11.6 Å². The fraction of sp³-hybridized carbons (Fsp3) is 0. The Morgan fingerprint density at radius 3 is 2.65 bits per heavy atom. The largest absolute Gasteiger partial charge is 0.508 e. The molecule has 0 saturated carbocycles. The minimum absolute atomic E-state index is 0.0380. The van der Waals surface area contributed by atoms with E-state index in [2.05, 4.69) is 15.3 Å². The molecule has 0 aliphatic rings. The van der Waals surface area contributed by atoms with E-state index in [1.54, 1.807) is 0 Å². The number of rotatable bonds is 2. The van der Waals surface area contributed by atoms with E-state index in [0.29, 0.717) is 11.3 Å². The third kappa shape index (κ3) is 2.70. The van der Waals surface area contributed by atoms with E-state index in [0.717, 1.165) is 0 Å². The second-order valence-electron chi connectivity index (χ2n) is 3.25. The summed E-state index contributed by atoms with van der Waals surface area (Å²) in [5.74, 6) is -0.325. The van der Waals surface area contributed by atoms with Crippen molar-refractivity contribution in [3.05, 3.63) is 47.5 Å². The third-order valence-corrected chi connectivity index (χ3v) is 2.34. The van der Waals surface area contributed by atoms with Crippen molar-refractivity contribution in [2.24, 2.45) is 0 Å². The van der Waals surface area contributed by atoms with Crippen LogP contribution in [-0.2, 0) is 0 Å². The lowest BCUT2D eigenvalue weighted by Crippen LogP contribution is -2.12. The van der Waals surface area contributed by atoms with E-state index in [9.17, 15) is 9.90 Å². The summed E-state index contributed by atoms with van der Waals surface area (Å²) < 4.78 is 0. The number of carbonyl (C=O) groups is 1. The summed E-state index contributed by atoms with van der Waals surface area (Å²) in [7, 11) is 0. The molecule has 2 N–H and O–H groups in total. The molecule has 0 fully saturated rings. The zero-order chi connectivity index (χ0) is 12.3. The number of hydrogen-bond acceptors (Lipinski definition) is 4. The highest BCUT2D eigenvalue weighted by Crippen LogP contribution is 2.26. The highest BCUT2D eigenvalue weighted by molar-refractivity contribution is 6.34. The highest BCUT2D eigenvalue weighted by atomic mass is 35.5. The zero-order valence-corrected chi connectivity index (χ0v) is 9.35. The molecule has 6 heteroatoms. The van der Waals surface area contributed by atoms with Gasteiger partial charge in [0, 0.05) is 18.5 Å². The van der Waals surface area contributed by atoms with E-state index >= 15 is 0 Å². The first-order valence-corrected chi connectivity index (χ1v) is 5.09. The van der Waals surface area contributed by atoms with Crippen LogP contribution in [0.1, 0.15) is 10.4 Å². The number of anilines is 1. The molecule has 17 heavy (non-hydrogen) atoms. The quantitative estimate of drug-likeness (QED) is 0.799. The SMILES string of the molecule is O=C(Nc1ccc(O)cc1Cl)c1cncnc1. The lowest BCUT2D eigenvalue weighted by atomic mass is 10.2. The molecular weight excluding hydrogens is 242 g/mol. The Kier molecular flexibility index (Phi) is 3.20. The number of hydrogen-bond donors (Lipinski definition) is 2. The summed E-state index contributed by atoms with van der Waals surface area (Å²) in [6.45, 7) is 0. The van der Waals surface area contributed by atoms with Crippen LogP contribution >= 0.6 is 11.6 Å². The van der Waals surface area contributed by atoms with Crippen LogP contribution in [0, 0.1) is 0 Å². The highest BCUT2D eigenvalue weighted by Gasteiger charge is 2.09. The molecule has 1 heterocycles. The molecule has 0 unspecified atom stereocenters. The van der Waals surface area contributed by atoms with Crippen LogP contribution in [0.5, 0.6) is 5.75 Å². The summed E-state index contributed by atoms with van der Waals surface area (Å²) in [5.41, 5.74) is 0.745. The Hall–Kier alpha value is -2.14. The number of carbonyl (C=O) groups excluding carboxylic acids is 1. The van der Waals surface area contributed by atoms with Gasteiger partial charge in [0.1, 0.15) is 12.1 Å². The second-order valence-corrected chi connectivity index (χ2v) is 3.65. The van der Waals surface area contributed by atoms with Gasteiger partial charge < -0.3 is 10.4 Å². The van der Waals surface area contributed by atoms with Crippen molar-refractivity contribution in [3.63, 3.8) is 0 Å². The normalized spacial score (nSPS) is 9.94. The van der Waals surface area contributed by atoms with Gasteiger partial charge in [-0.25, -0.2) is 9.97 Å². The van der Waals surface area contributed by atoms with Gasteiger partial charge in [0.05, 0.1) is 16.3 Å². The average Bonchev–Trinajstić information content (AvgIpc) is 2.34. The topological polar surface area (TPSA) is 75.1 Å². The molecule has 0 atom stereocenters. The lowest BCUT2D eigenvalue weighted by molar-refractivity contribution is 0.102. The molecule has 0 bridgehead atoms. The Labute approximate surface area is 102 Å². The fourth-order valence-corrected chi connectivity index (χ4v) is 1.44. The minimum Gasteiger partial charge on any atom is -0.508 e. The van der Waals surface area contributed by atoms with Gasteiger partial charge in [0.2, 0.25) is 0 Å². The molecule has 86 valence electrons. The number of halogens is 1. The number of phenols is 1. The summed E-state index contributed by atoms with van der Waals surface area (Å²) in [4.78, 5) is 19.2. The number of benzene rings is 1. The standard InChI is InChI=1S/C11H8ClN3O2/c12-9-3-8(16)1-2-10(9)15-11(17)7-4-13-6-14-5-7/h1-6,16H,(H,15,17). The summed E-state index contributed by atoms with van der Waals surface area (Å²) in [6, 6.07) is 4.29. The van der Waals surface area contributed by atoms with Crippen molar-refractivity contribution in [2.45, 2.75) is 0 Å². The molecule has 1 amide bonds. The van der Waals surface area contributed by atoms with Crippen LogP contribution in [0.25, 0.3) is 0 Å². The predicted molar refractivity (Wildman–Crippen MR) is 63.1 cm³/mol. The number of phenolic OH excluding ortho intramolecular Hbond substituents is 1. The van der Waals surface area contributed by atoms with Crippen LogP contribution < -0.4 is 5.32 Å². The number of nitrogens with one attached hydrogen (secondary N) is 1. The summed E-state index contributed by atoms with van der Waals surface area (Å²) in [6.07, 6.45) is 4.14. The molecule has 5 nitrogen and oxygen atoms in total. The van der Waals surface area contributed by atoms with Crippen molar-refractivity contribution in [3.8, 4) is 5.75 Å². The van der Waals surface area contributed by atoms with Crippen molar-refractivity contribution in [1.82, 2.24) is 9.97 Å². The van der Waals surface area contributed by atoms with Crippen molar-refractivity contribution in [1.29, 1.82) is 0 Å².